The average Bonchev–Trinajstić information content (AvgIpc) is 2.98. The van der Waals surface area contributed by atoms with E-state index in [1.54, 1.807) is 24.2 Å². The van der Waals surface area contributed by atoms with Crippen molar-refractivity contribution in [3.05, 3.63) is 54.4 Å². The molecule has 1 aromatic carbocycles. The Morgan fingerprint density at radius 1 is 1.05 bits per heavy atom. The maximum absolute atomic E-state index is 4.42. The van der Waals surface area contributed by atoms with E-state index in [9.17, 15) is 0 Å². The molecule has 0 unspecified atom stereocenters. The van der Waals surface area contributed by atoms with Crippen LogP contribution in [0.5, 0.6) is 0 Å². The van der Waals surface area contributed by atoms with Crippen LogP contribution in [0.3, 0.4) is 0 Å². The molecule has 0 radical (unpaired) electrons. The Bertz CT molecular complexity index is 752. The average molecular weight is 310 g/mol. The fourth-order valence-corrected chi connectivity index (χ4v) is 3.08. The highest BCUT2D eigenvalue weighted by Gasteiger charge is 2.16. The van der Waals surface area contributed by atoms with Crippen LogP contribution in [-0.4, -0.2) is 25.5 Å². The van der Waals surface area contributed by atoms with Gasteiger partial charge in [-0.2, -0.15) is 0 Å². The molecule has 0 saturated heterocycles. The molecule has 2 heterocycles. The molecule has 112 valence electrons. The number of thioether (sulfide) groups is 1. The number of nitrogens with zero attached hydrogens (tertiary/aromatic N) is 4. The summed E-state index contributed by atoms with van der Waals surface area (Å²) in [6.45, 7) is 4.28. The summed E-state index contributed by atoms with van der Waals surface area (Å²) in [6, 6.07) is 12.3. The lowest BCUT2D eigenvalue weighted by molar-refractivity contribution is 0.878. The van der Waals surface area contributed by atoms with E-state index < -0.39 is 0 Å². The van der Waals surface area contributed by atoms with E-state index in [2.05, 4.69) is 45.7 Å². The molecule has 4 nitrogen and oxygen atoms in total. The lowest BCUT2D eigenvalue weighted by Gasteiger charge is -2.12. The SMILES string of the molecule is CCCSc1nnc(-c2ccncc2)n1-c1ccccc1C. The summed E-state index contributed by atoms with van der Waals surface area (Å²) >= 11 is 1.74. The molecule has 0 bridgehead atoms. The molecule has 5 heteroatoms. The van der Waals surface area contributed by atoms with Crippen LogP contribution in [0.25, 0.3) is 17.1 Å². The zero-order valence-electron chi connectivity index (χ0n) is 12.7. The van der Waals surface area contributed by atoms with E-state index in [1.807, 2.05) is 24.3 Å². The Labute approximate surface area is 134 Å². The number of hydrogen-bond acceptors (Lipinski definition) is 4. The van der Waals surface area contributed by atoms with Crippen LogP contribution < -0.4 is 0 Å². The second-order valence-corrected chi connectivity index (χ2v) is 6.07. The van der Waals surface area contributed by atoms with Crippen molar-refractivity contribution in [1.82, 2.24) is 19.7 Å². The molecule has 0 spiro atoms. The van der Waals surface area contributed by atoms with Crippen LogP contribution in [0.2, 0.25) is 0 Å². The molecule has 3 aromatic rings. The zero-order chi connectivity index (χ0) is 15.4. The molecule has 22 heavy (non-hydrogen) atoms. The topological polar surface area (TPSA) is 43.6 Å². The van der Waals surface area contributed by atoms with Gasteiger partial charge in [0, 0.05) is 23.7 Å². The normalized spacial score (nSPS) is 10.8. The highest BCUT2D eigenvalue weighted by atomic mass is 32.2. The molecular weight excluding hydrogens is 292 g/mol. The molecule has 0 aliphatic heterocycles. The van der Waals surface area contributed by atoms with E-state index in [4.69, 9.17) is 0 Å². The standard InChI is InChI=1S/C17H18N4S/c1-3-12-22-17-20-19-16(14-8-10-18-11-9-14)21(17)15-7-5-4-6-13(15)2/h4-11H,3,12H2,1-2H3. The molecule has 3 rings (SSSR count). The number of benzene rings is 1. The van der Waals surface area contributed by atoms with E-state index in [0.29, 0.717) is 0 Å². The van der Waals surface area contributed by atoms with E-state index in [-0.39, 0.29) is 0 Å². The van der Waals surface area contributed by atoms with Gasteiger partial charge in [-0.25, -0.2) is 0 Å². The summed E-state index contributed by atoms with van der Waals surface area (Å²) in [5.74, 6) is 1.88. The van der Waals surface area contributed by atoms with Crippen molar-refractivity contribution < 1.29 is 0 Å². The fourth-order valence-electron chi connectivity index (χ4n) is 2.28. The second kappa shape index (κ2) is 6.75. The first-order chi connectivity index (χ1) is 10.8. The van der Waals surface area contributed by atoms with Gasteiger partial charge in [0.25, 0.3) is 0 Å². The van der Waals surface area contributed by atoms with Gasteiger partial charge in [-0.05, 0) is 37.1 Å². The third-order valence-corrected chi connectivity index (χ3v) is 4.50. The largest absolute Gasteiger partial charge is 0.270 e. The van der Waals surface area contributed by atoms with Gasteiger partial charge in [0.1, 0.15) is 0 Å². The number of aromatic nitrogens is 4. The monoisotopic (exact) mass is 310 g/mol. The van der Waals surface area contributed by atoms with Crippen LogP contribution in [0.15, 0.2) is 53.9 Å². The minimum atomic E-state index is 0.857. The van der Waals surface area contributed by atoms with Gasteiger partial charge in [0.05, 0.1) is 5.69 Å². The maximum atomic E-state index is 4.42. The fraction of sp³-hybridized carbons (Fsp3) is 0.235. The number of rotatable bonds is 5. The van der Waals surface area contributed by atoms with Gasteiger partial charge in [0.2, 0.25) is 0 Å². The molecule has 0 aliphatic carbocycles. The molecule has 0 aliphatic rings. The Morgan fingerprint density at radius 3 is 2.55 bits per heavy atom. The van der Waals surface area contributed by atoms with Gasteiger partial charge >= 0.3 is 0 Å². The smallest absolute Gasteiger partial charge is 0.196 e. The van der Waals surface area contributed by atoms with Crippen LogP contribution >= 0.6 is 11.8 Å². The van der Waals surface area contributed by atoms with Gasteiger partial charge in [-0.15, -0.1) is 10.2 Å². The second-order valence-electron chi connectivity index (χ2n) is 5.01. The third kappa shape index (κ3) is 2.90. The van der Waals surface area contributed by atoms with Crippen molar-refractivity contribution >= 4 is 11.8 Å². The van der Waals surface area contributed by atoms with Crippen molar-refractivity contribution in [3.8, 4) is 17.1 Å². The highest BCUT2D eigenvalue weighted by molar-refractivity contribution is 7.99. The summed E-state index contributed by atoms with van der Waals surface area (Å²) in [4.78, 5) is 4.08. The molecule has 0 amide bonds. The van der Waals surface area contributed by atoms with Crippen molar-refractivity contribution in [2.24, 2.45) is 0 Å². The summed E-state index contributed by atoms with van der Waals surface area (Å²) in [7, 11) is 0. The van der Waals surface area contributed by atoms with Crippen molar-refractivity contribution in [2.45, 2.75) is 25.4 Å². The minimum absolute atomic E-state index is 0.857. The van der Waals surface area contributed by atoms with Crippen LogP contribution in [0.1, 0.15) is 18.9 Å². The Kier molecular flexibility index (Phi) is 4.53. The lowest BCUT2D eigenvalue weighted by Crippen LogP contribution is -2.02. The molecule has 0 N–H and O–H groups in total. The molecule has 0 fully saturated rings. The van der Waals surface area contributed by atoms with Gasteiger partial charge < -0.3 is 0 Å². The van der Waals surface area contributed by atoms with E-state index in [0.717, 1.165) is 34.4 Å². The Morgan fingerprint density at radius 2 is 1.82 bits per heavy atom. The molecule has 0 atom stereocenters. The summed E-state index contributed by atoms with van der Waals surface area (Å²) in [5, 5.41) is 9.76. The summed E-state index contributed by atoms with van der Waals surface area (Å²) in [6.07, 6.45) is 4.67. The zero-order valence-corrected chi connectivity index (χ0v) is 13.5. The van der Waals surface area contributed by atoms with Crippen molar-refractivity contribution in [1.29, 1.82) is 0 Å². The van der Waals surface area contributed by atoms with Gasteiger partial charge in [-0.3, -0.25) is 9.55 Å². The molecular formula is C17H18N4S. The first-order valence-corrected chi connectivity index (χ1v) is 8.34. The van der Waals surface area contributed by atoms with Crippen molar-refractivity contribution in [2.75, 3.05) is 5.75 Å². The number of hydrogen-bond donors (Lipinski definition) is 0. The maximum Gasteiger partial charge on any atom is 0.196 e. The Hall–Kier alpha value is -2.14. The third-order valence-electron chi connectivity index (χ3n) is 3.36. The Balaban J connectivity index is 2.16. The number of para-hydroxylation sites is 1. The highest BCUT2D eigenvalue weighted by Crippen LogP contribution is 2.29. The van der Waals surface area contributed by atoms with E-state index >= 15 is 0 Å². The van der Waals surface area contributed by atoms with Crippen LogP contribution in [0.4, 0.5) is 0 Å². The first-order valence-electron chi connectivity index (χ1n) is 7.36. The first kappa shape index (κ1) is 14.8. The lowest BCUT2D eigenvalue weighted by atomic mass is 10.2. The predicted molar refractivity (Wildman–Crippen MR) is 90.3 cm³/mol. The van der Waals surface area contributed by atoms with Crippen LogP contribution in [0, 0.1) is 6.92 Å². The number of pyridine rings is 1. The predicted octanol–water partition coefficient (Wildman–Crippen LogP) is 4.14. The quantitative estimate of drug-likeness (QED) is 0.664. The molecule has 0 saturated carbocycles. The summed E-state index contributed by atoms with van der Waals surface area (Å²) in [5.41, 5.74) is 3.35. The van der Waals surface area contributed by atoms with Crippen LogP contribution in [-0.2, 0) is 0 Å². The van der Waals surface area contributed by atoms with Crippen molar-refractivity contribution in [3.63, 3.8) is 0 Å². The summed E-state index contributed by atoms with van der Waals surface area (Å²) < 4.78 is 2.14. The molecule has 2 aromatic heterocycles. The van der Waals surface area contributed by atoms with Gasteiger partial charge in [0.15, 0.2) is 11.0 Å². The van der Waals surface area contributed by atoms with E-state index in [1.165, 1.54) is 5.56 Å². The minimum Gasteiger partial charge on any atom is -0.270 e. The van der Waals surface area contributed by atoms with Gasteiger partial charge in [-0.1, -0.05) is 36.9 Å². The number of aryl methyl sites for hydroxylation is 1.